The third kappa shape index (κ3) is 15.1. The maximum atomic E-state index is 15.7. The first-order valence-corrected chi connectivity index (χ1v) is 27.9. The minimum Gasteiger partial charge on any atom is -0.389 e. The van der Waals surface area contributed by atoms with Gasteiger partial charge in [0, 0.05) is 69.6 Å². The SMILES string of the molecule is C.C.CC(C)(C)C[C@@H]1N[C@@H](C(=O)Nc2ccn(CC(C)(C)O)n2)[C@H](c2cccc(Cl)c2F)[C@@]1(C#N)c1ccc(Cl)cc1F.CC(C)(C)C[C@H]1N[C@H](C(=O)Nc2ccn(CC(C)(C)O)n2)[C@@H](c2cccc(Cl)c2F)[C@]1(C#N)c1ccc(Cl)cc1F. The molecule has 0 saturated carbocycles. The molecule has 22 heteroatoms. The summed E-state index contributed by atoms with van der Waals surface area (Å²) < 4.78 is 65.9. The van der Waals surface area contributed by atoms with Crippen molar-refractivity contribution in [3.05, 3.63) is 163 Å². The van der Waals surface area contributed by atoms with E-state index >= 15 is 17.6 Å². The fourth-order valence-corrected chi connectivity index (χ4v) is 12.0. The molecule has 0 bridgehead atoms. The number of anilines is 2. The third-order valence-corrected chi connectivity index (χ3v) is 15.4. The van der Waals surface area contributed by atoms with Crippen LogP contribution in [0.15, 0.2) is 97.3 Å². The summed E-state index contributed by atoms with van der Waals surface area (Å²) in [4.78, 5) is 27.8. The van der Waals surface area contributed by atoms with Crippen molar-refractivity contribution < 1.29 is 37.4 Å². The van der Waals surface area contributed by atoms with Crippen LogP contribution in [0.4, 0.5) is 29.2 Å². The topological polar surface area (TPSA) is 206 Å². The summed E-state index contributed by atoms with van der Waals surface area (Å²) in [6.45, 7) is 18.7. The van der Waals surface area contributed by atoms with Crippen molar-refractivity contribution in [2.75, 3.05) is 10.6 Å². The summed E-state index contributed by atoms with van der Waals surface area (Å²) in [7, 11) is 0. The second kappa shape index (κ2) is 26.3. The normalized spacial score (nSPS) is 22.4. The molecular weight excluding hydrogens is 1170 g/mol. The van der Waals surface area contributed by atoms with Crippen LogP contribution in [0.25, 0.3) is 0 Å². The van der Waals surface area contributed by atoms with Crippen LogP contribution in [0.5, 0.6) is 0 Å². The van der Waals surface area contributed by atoms with Gasteiger partial charge in [-0.05, 0) is 98.9 Å². The molecule has 2 fully saturated rings. The van der Waals surface area contributed by atoms with Crippen molar-refractivity contribution in [2.45, 2.75) is 168 Å². The summed E-state index contributed by atoms with van der Waals surface area (Å²) in [5, 5.41) is 62.6. The first-order chi connectivity index (χ1) is 38.1. The molecule has 0 radical (unpaired) electrons. The lowest BCUT2D eigenvalue weighted by molar-refractivity contribution is -0.119. The molecule has 8 atom stereocenters. The Hall–Kier alpha value is -6.06. The average Bonchev–Trinajstić information content (AvgIpc) is 1.87. The number of aliphatic hydroxyl groups is 2. The predicted octanol–water partition coefficient (Wildman–Crippen LogP) is 13.7. The van der Waals surface area contributed by atoms with Crippen LogP contribution < -0.4 is 21.3 Å². The molecular formula is C62H74Cl4F4N10O4. The number of carbonyl (C=O) groups excluding carboxylic acids is 2. The fourth-order valence-electron chi connectivity index (χ4n) is 11.3. The Morgan fingerprint density at radius 1 is 0.595 bits per heavy atom. The lowest BCUT2D eigenvalue weighted by Gasteiger charge is -2.37. The predicted molar refractivity (Wildman–Crippen MR) is 323 cm³/mol. The number of benzene rings is 4. The van der Waals surface area contributed by atoms with Gasteiger partial charge in [-0.25, -0.2) is 17.6 Å². The number of hydrogen-bond acceptors (Lipinski definition) is 10. The largest absolute Gasteiger partial charge is 0.389 e. The van der Waals surface area contributed by atoms with Gasteiger partial charge < -0.3 is 31.5 Å². The third-order valence-electron chi connectivity index (χ3n) is 14.3. The van der Waals surface area contributed by atoms with E-state index in [-0.39, 0.29) is 92.8 Å². The quantitative estimate of drug-likeness (QED) is 0.0569. The second-order valence-electron chi connectivity index (χ2n) is 24.8. The van der Waals surface area contributed by atoms with Crippen molar-refractivity contribution in [3.63, 3.8) is 0 Å². The number of amides is 2. The molecule has 452 valence electrons. The number of hydrogen-bond donors (Lipinski definition) is 6. The van der Waals surface area contributed by atoms with Gasteiger partial charge in [-0.3, -0.25) is 19.0 Å². The minimum atomic E-state index is -1.73. The number of rotatable bonds is 14. The van der Waals surface area contributed by atoms with Gasteiger partial charge in [0.25, 0.3) is 0 Å². The van der Waals surface area contributed by atoms with Gasteiger partial charge in [0.1, 0.15) is 34.1 Å². The average molecular weight is 1240 g/mol. The van der Waals surface area contributed by atoms with E-state index in [1.165, 1.54) is 70.0 Å². The molecule has 84 heavy (non-hydrogen) atoms. The molecule has 6 aromatic rings. The maximum absolute atomic E-state index is 15.7. The first-order valence-electron chi connectivity index (χ1n) is 26.4. The Kier molecular flexibility index (Phi) is 21.5. The molecule has 4 aromatic carbocycles. The van der Waals surface area contributed by atoms with Crippen LogP contribution in [0.1, 0.15) is 131 Å². The minimum absolute atomic E-state index is 0. The van der Waals surface area contributed by atoms with Crippen molar-refractivity contribution in [1.29, 1.82) is 10.5 Å². The van der Waals surface area contributed by atoms with Crippen LogP contribution in [-0.2, 0) is 33.5 Å². The molecule has 2 aliphatic rings. The van der Waals surface area contributed by atoms with Gasteiger partial charge in [0.05, 0.1) is 58.6 Å². The van der Waals surface area contributed by atoms with Gasteiger partial charge in [0.2, 0.25) is 11.8 Å². The molecule has 2 aromatic heterocycles. The van der Waals surface area contributed by atoms with Crippen molar-refractivity contribution in [1.82, 2.24) is 30.2 Å². The first kappa shape index (κ1) is 68.7. The van der Waals surface area contributed by atoms with E-state index in [2.05, 4.69) is 43.6 Å². The van der Waals surface area contributed by atoms with E-state index in [1.54, 1.807) is 52.2 Å². The van der Waals surface area contributed by atoms with Crippen LogP contribution in [0.3, 0.4) is 0 Å². The van der Waals surface area contributed by atoms with E-state index in [9.17, 15) is 30.3 Å². The van der Waals surface area contributed by atoms with E-state index in [4.69, 9.17) is 46.4 Å². The summed E-state index contributed by atoms with van der Waals surface area (Å²) in [6, 6.07) is 20.6. The molecule has 0 aliphatic carbocycles. The Morgan fingerprint density at radius 3 is 1.24 bits per heavy atom. The molecule has 0 unspecified atom stereocenters. The summed E-state index contributed by atoms with van der Waals surface area (Å²) >= 11 is 24.5. The fraction of sp³-hybridized carbons (Fsp3) is 0.452. The van der Waals surface area contributed by atoms with Gasteiger partial charge in [-0.1, -0.05) is 139 Å². The van der Waals surface area contributed by atoms with Gasteiger partial charge in [0.15, 0.2) is 11.6 Å². The number of nitriles is 2. The number of carbonyl (C=O) groups is 2. The lowest BCUT2D eigenvalue weighted by atomic mass is 9.62. The standard InChI is InChI=1S/2C30H33Cl2F2N5O2.2CH4/c2*1-28(2,3)14-22-30(15-35,19-10-9-17(31)13-21(19)33)24(18-7-6-8-20(32)25(18)34)26(36-22)27(40)37-23-11-12-39(38-23)16-29(4,5)41;;/h2*6-13,22,24,26,36,41H,14,16H2,1-5H3,(H,37,38,40);2*1H4/t2*22-,24-,26+,30-;;/m10../s1. The summed E-state index contributed by atoms with van der Waals surface area (Å²) in [5.41, 5.74) is -6.24. The molecule has 4 heterocycles. The van der Waals surface area contributed by atoms with Crippen molar-refractivity contribution >= 4 is 69.9 Å². The Morgan fingerprint density at radius 2 is 0.940 bits per heavy atom. The zero-order valence-electron chi connectivity index (χ0n) is 46.9. The van der Waals surface area contributed by atoms with E-state index in [0.29, 0.717) is 12.8 Å². The number of aromatic nitrogens is 4. The van der Waals surface area contributed by atoms with Gasteiger partial charge >= 0.3 is 0 Å². The summed E-state index contributed by atoms with van der Waals surface area (Å²) in [6.07, 6.45) is 3.92. The van der Waals surface area contributed by atoms with Crippen LogP contribution in [-0.4, -0.2) is 77.0 Å². The highest BCUT2D eigenvalue weighted by atomic mass is 35.5. The Balaban J connectivity index is 0.000000300. The molecule has 2 saturated heterocycles. The molecule has 14 nitrogen and oxygen atoms in total. The molecule has 0 spiro atoms. The zero-order chi connectivity index (χ0) is 60.7. The zero-order valence-corrected chi connectivity index (χ0v) is 50.0. The Bertz CT molecular complexity index is 3210. The monoisotopic (exact) mass is 1240 g/mol. The molecule has 8 rings (SSSR count). The number of nitrogens with one attached hydrogen (secondary N) is 4. The van der Waals surface area contributed by atoms with Crippen LogP contribution in [0.2, 0.25) is 20.1 Å². The smallest absolute Gasteiger partial charge is 0.243 e. The Labute approximate surface area is 509 Å². The van der Waals surface area contributed by atoms with E-state index in [1.807, 2.05) is 41.5 Å². The van der Waals surface area contributed by atoms with E-state index < -0.39 is 93.1 Å². The maximum Gasteiger partial charge on any atom is 0.243 e. The lowest BCUT2D eigenvalue weighted by Crippen LogP contribution is -2.45. The van der Waals surface area contributed by atoms with Crippen LogP contribution >= 0.6 is 46.4 Å². The molecule has 2 aliphatic heterocycles. The van der Waals surface area contributed by atoms with Crippen molar-refractivity contribution in [2.24, 2.45) is 10.8 Å². The highest BCUT2D eigenvalue weighted by Gasteiger charge is 2.63. The van der Waals surface area contributed by atoms with Crippen LogP contribution in [0, 0.1) is 56.8 Å². The molecule has 6 N–H and O–H groups in total. The highest BCUT2D eigenvalue weighted by molar-refractivity contribution is 6.31. The van der Waals surface area contributed by atoms with E-state index in [0.717, 1.165) is 12.1 Å². The van der Waals surface area contributed by atoms with Crippen molar-refractivity contribution in [3.8, 4) is 12.1 Å². The number of nitrogens with zero attached hydrogens (tertiary/aromatic N) is 6. The van der Waals surface area contributed by atoms with Gasteiger partial charge in [-0.2, -0.15) is 20.7 Å². The molecule has 2 amide bonds. The highest BCUT2D eigenvalue weighted by Crippen LogP contribution is 2.55. The van der Waals surface area contributed by atoms with Gasteiger partial charge in [-0.15, -0.1) is 0 Å². The second-order valence-corrected chi connectivity index (χ2v) is 26.5. The summed E-state index contributed by atoms with van der Waals surface area (Å²) in [5.74, 6) is -6.21. The number of halogens is 8.